The molecule has 0 bridgehead atoms. The van der Waals surface area contributed by atoms with Gasteiger partial charge in [0.25, 0.3) is 0 Å². The van der Waals surface area contributed by atoms with Crippen LogP contribution in [0.1, 0.15) is 53.9 Å². The van der Waals surface area contributed by atoms with Crippen molar-refractivity contribution in [1.29, 1.82) is 0 Å². The first-order valence-electron chi connectivity index (χ1n) is 7.85. The summed E-state index contributed by atoms with van der Waals surface area (Å²) in [6.45, 7) is 9.55. The van der Waals surface area contributed by atoms with Gasteiger partial charge >= 0.3 is 17.9 Å². The van der Waals surface area contributed by atoms with Gasteiger partial charge in [0.2, 0.25) is 0 Å². The summed E-state index contributed by atoms with van der Waals surface area (Å²) in [6.07, 6.45) is -0.637. The molecule has 8 nitrogen and oxygen atoms in total. The summed E-state index contributed by atoms with van der Waals surface area (Å²) < 4.78 is 25.4. The van der Waals surface area contributed by atoms with E-state index >= 15 is 0 Å². The van der Waals surface area contributed by atoms with Crippen LogP contribution in [-0.4, -0.2) is 41.3 Å². The molecule has 152 valence electrons. The molecule has 0 rings (SSSR count). The Morgan fingerprint density at radius 2 is 1.27 bits per heavy atom. The van der Waals surface area contributed by atoms with Crippen LogP contribution in [0.3, 0.4) is 0 Å². The van der Waals surface area contributed by atoms with E-state index in [1.54, 1.807) is 42.2 Å². The van der Waals surface area contributed by atoms with Gasteiger partial charge in [0.1, 0.15) is 0 Å². The molecule has 0 heterocycles. The molecule has 0 aromatic carbocycles. The zero-order valence-electron chi connectivity index (χ0n) is 15.8. The summed E-state index contributed by atoms with van der Waals surface area (Å²) in [5, 5.41) is 0. The summed E-state index contributed by atoms with van der Waals surface area (Å²) in [5.41, 5.74) is -3.14. The second kappa shape index (κ2) is 10.8. The van der Waals surface area contributed by atoms with Crippen molar-refractivity contribution in [3.63, 3.8) is 0 Å². The Labute approximate surface area is 161 Å². The first kappa shape index (κ1) is 25.6. The molecule has 0 spiro atoms. The highest BCUT2D eigenvalue weighted by molar-refractivity contribution is 7.11. The van der Waals surface area contributed by atoms with Crippen molar-refractivity contribution >= 4 is 46.3 Å². The molecule has 0 aromatic heterocycles. The van der Waals surface area contributed by atoms with Crippen LogP contribution in [0.25, 0.3) is 0 Å². The van der Waals surface area contributed by atoms with E-state index in [9.17, 15) is 14.4 Å². The van der Waals surface area contributed by atoms with Crippen molar-refractivity contribution in [3.05, 3.63) is 0 Å². The Morgan fingerprint density at radius 3 is 1.62 bits per heavy atom. The molecule has 0 saturated heterocycles. The van der Waals surface area contributed by atoms with Crippen LogP contribution in [0.2, 0.25) is 0 Å². The average Bonchev–Trinajstić information content (AvgIpc) is 2.51. The Morgan fingerprint density at radius 1 is 0.808 bits per heavy atom. The van der Waals surface area contributed by atoms with Gasteiger partial charge in [0.15, 0.2) is 5.60 Å². The molecule has 0 amide bonds. The van der Waals surface area contributed by atoms with E-state index in [0.29, 0.717) is 13.0 Å². The average molecular weight is 430 g/mol. The van der Waals surface area contributed by atoms with Crippen molar-refractivity contribution in [3.8, 4) is 0 Å². The lowest BCUT2D eigenvalue weighted by atomic mass is 9.92. The number of hydrogen-bond acceptors (Lipinski definition) is 8. The molecule has 0 radical (unpaired) electrons. The second-order valence-corrected chi connectivity index (χ2v) is 8.01. The minimum atomic E-state index is -1.89. The molecular weight excluding hydrogens is 401 g/mol. The Bertz CT molecular complexity index is 484. The summed E-state index contributed by atoms with van der Waals surface area (Å²) in [4.78, 5) is 36.1. The molecule has 3 unspecified atom stereocenters. The van der Waals surface area contributed by atoms with E-state index in [0.717, 1.165) is 0 Å². The van der Waals surface area contributed by atoms with Gasteiger partial charge in [-0.05, 0) is 41.0 Å². The minimum Gasteiger partial charge on any atom is -0.451 e. The minimum absolute atomic E-state index is 0.335. The number of ether oxygens (including phenoxy) is 2. The highest BCUT2D eigenvalue weighted by Gasteiger charge is 2.49. The van der Waals surface area contributed by atoms with Crippen molar-refractivity contribution in [2.45, 2.75) is 70.7 Å². The number of carbonyl (C=O) groups is 3. The maximum Gasteiger partial charge on any atom is 0.341 e. The van der Waals surface area contributed by atoms with Crippen molar-refractivity contribution in [2.75, 3.05) is 6.61 Å². The van der Waals surface area contributed by atoms with Crippen LogP contribution >= 0.6 is 28.4 Å². The lowest BCUT2D eigenvalue weighted by molar-refractivity contribution is -0.197. The van der Waals surface area contributed by atoms with Crippen LogP contribution < -0.4 is 0 Å². The van der Waals surface area contributed by atoms with Crippen LogP contribution in [0.4, 0.5) is 0 Å². The topological polar surface area (TPSA) is 97.4 Å². The normalized spacial score (nSPS) is 12.5. The van der Waals surface area contributed by atoms with Gasteiger partial charge in [-0.3, -0.25) is 9.59 Å². The molecule has 0 aliphatic rings. The SMILES string of the molecule is CC(C)(C)OCCC(C)(C)OC(CC(=O)OP)(CC(=O)OP)C(=O)OP. The largest absolute Gasteiger partial charge is 0.451 e. The third-order valence-electron chi connectivity index (χ3n) is 3.31. The molecule has 3 atom stereocenters. The Kier molecular flexibility index (Phi) is 10.7. The van der Waals surface area contributed by atoms with Gasteiger partial charge in [-0.25, -0.2) is 4.79 Å². The molecular formula is C15H29O8P3. The van der Waals surface area contributed by atoms with Gasteiger partial charge < -0.3 is 23.0 Å². The highest BCUT2D eigenvalue weighted by atomic mass is 31.0. The highest BCUT2D eigenvalue weighted by Crippen LogP contribution is 2.33. The number of hydrogen-bond donors (Lipinski definition) is 0. The van der Waals surface area contributed by atoms with Gasteiger partial charge in [-0.15, -0.1) is 0 Å². The van der Waals surface area contributed by atoms with E-state index in [4.69, 9.17) is 14.0 Å². The van der Waals surface area contributed by atoms with Crippen LogP contribution in [0, 0.1) is 0 Å². The van der Waals surface area contributed by atoms with E-state index < -0.39 is 42.0 Å². The van der Waals surface area contributed by atoms with E-state index in [1.165, 1.54) is 0 Å². The fraction of sp³-hybridized carbons (Fsp3) is 0.800. The van der Waals surface area contributed by atoms with Crippen LogP contribution in [0.15, 0.2) is 0 Å². The molecule has 0 aliphatic carbocycles. The lowest BCUT2D eigenvalue weighted by Crippen LogP contribution is -2.51. The fourth-order valence-corrected chi connectivity index (χ4v) is 2.54. The molecule has 0 saturated carbocycles. The molecule has 26 heavy (non-hydrogen) atoms. The molecule has 11 heteroatoms. The quantitative estimate of drug-likeness (QED) is 0.488. The molecule has 0 fully saturated rings. The predicted molar refractivity (Wildman–Crippen MR) is 105 cm³/mol. The third-order valence-corrected chi connectivity index (χ3v) is 4.05. The lowest BCUT2D eigenvalue weighted by Gasteiger charge is -2.38. The zero-order valence-corrected chi connectivity index (χ0v) is 19.3. The second-order valence-electron chi connectivity index (χ2n) is 7.31. The van der Waals surface area contributed by atoms with E-state index in [2.05, 4.69) is 9.05 Å². The summed E-state index contributed by atoms with van der Waals surface area (Å²) in [6, 6.07) is 0. The van der Waals surface area contributed by atoms with Crippen molar-refractivity contribution in [2.24, 2.45) is 0 Å². The first-order valence-corrected chi connectivity index (χ1v) is 9.26. The first-order chi connectivity index (χ1) is 11.8. The van der Waals surface area contributed by atoms with Gasteiger partial charge in [-0.1, -0.05) is 0 Å². The third kappa shape index (κ3) is 9.53. The molecule has 0 aromatic rings. The predicted octanol–water partition coefficient (Wildman–Crippen LogP) is 2.51. The summed E-state index contributed by atoms with van der Waals surface area (Å²) >= 11 is 0. The maximum absolute atomic E-state index is 12.4. The smallest absolute Gasteiger partial charge is 0.341 e. The van der Waals surface area contributed by atoms with Crippen LogP contribution in [0.5, 0.6) is 0 Å². The fourth-order valence-electron chi connectivity index (χ4n) is 2.16. The van der Waals surface area contributed by atoms with Crippen molar-refractivity contribution in [1.82, 2.24) is 0 Å². The van der Waals surface area contributed by atoms with Crippen molar-refractivity contribution < 1.29 is 37.4 Å². The summed E-state index contributed by atoms with van der Waals surface area (Å²) in [7, 11) is 5.37. The van der Waals surface area contributed by atoms with E-state index in [-0.39, 0.29) is 5.60 Å². The Hall–Kier alpha value is -0.380. The zero-order chi connectivity index (χ0) is 20.6. The maximum atomic E-state index is 12.4. The number of carbonyl (C=O) groups excluding carboxylic acids is 3. The van der Waals surface area contributed by atoms with Gasteiger partial charge in [-0.2, -0.15) is 0 Å². The Balaban J connectivity index is 5.55. The monoisotopic (exact) mass is 430 g/mol. The standard InChI is InChI=1S/C15H29O8P3/c1-13(2,3)19-7-6-14(4,5)23-15(12(18)22-26,8-10(16)20-24)9-11(17)21-25/h6-9,24-26H2,1-5H3. The summed E-state index contributed by atoms with van der Waals surface area (Å²) in [5.74, 6) is -2.43. The van der Waals surface area contributed by atoms with Gasteiger partial charge in [0, 0.05) is 6.61 Å². The molecule has 0 N–H and O–H groups in total. The number of rotatable bonds is 10. The van der Waals surface area contributed by atoms with Gasteiger partial charge in [0.05, 0.1) is 52.4 Å². The molecule has 0 aliphatic heterocycles. The van der Waals surface area contributed by atoms with Crippen LogP contribution in [-0.2, 0) is 37.4 Å². The van der Waals surface area contributed by atoms with E-state index in [1.807, 2.05) is 20.8 Å².